The molecule has 186 valence electrons. The molecule has 1 N–H and O–H groups in total. The number of thiazole rings is 1. The summed E-state index contributed by atoms with van der Waals surface area (Å²) in [5.41, 5.74) is 3.26. The van der Waals surface area contributed by atoms with Gasteiger partial charge in [0.05, 0.1) is 5.69 Å². The van der Waals surface area contributed by atoms with Gasteiger partial charge in [-0.3, -0.25) is 9.69 Å². The van der Waals surface area contributed by atoms with Gasteiger partial charge in [-0.2, -0.15) is 0 Å². The minimum atomic E-state index is -0.280. The molecule has 0 atom stereocenters. The highest BCUT2D eigenvalue weighted by Gasteiger charge is 2.19. The van der Waals surface area contributed by atoms with Crippen molar-refractivity contribution in [2.24, 2.45) is 0 Å². The fourth-order valence-corrected chi connectivity index (χ4v) is 5.12. The summed E-state index contributed by atoms with van der Waals surface area (Å²) in [5, 5.41) is 3.99. The molecule has 0 radical (unpaired) electrons. The van der Waals surface area contributed by atoms with Crippen molar-refractivity contribution in [2.45, 2.75) is 20.4 Å². The van der Waals surface area contributed by atoms with E-state index in [1.165, 1.54) is 17.4 Å². The Kier molecular flexibility index (Phi) is 6.80. The highest BCUT2D eigenvalue weighted by molar-refractivity contribution is 7.21. The molecule has 1 amide bonds. The van der Waals surface area contributed by atoms with Crippen molar-refractivity contribution in [2.75, 3.05) is 43.4 Å². The predicted molar refractivity (Wildman–Crippen MR) is 142 cm³/mol. The zero-order chi connectivity index (χ0) is 25.2. The number of amides is 1. The number of aryl methyl sites for hydroxylation is 1. The molecule has 3 aromatic heterocycles. The molecule has 1 aliphatic rings. The lowest BCUT2D eigenvalue weighted by Crippen LogP contribution is -2.47. The maximum absolute atomic E-state index is 14.5. The summed E-state index contributed by atoms with van der Waals surface area (Å²) < 4.78 is 14.5. The third kappa shape index (κ3) is 5.29. The molecule has 36 heavy (non-hydrogen) atoms. The van der Waals surface area contributed by atoms with E-state index in [0.717, 1.165) is 54.2 Å². The number of rotatable bonds is 6. The topological polar surface area (TPSA) is 77.5 Å². The monoisotopic (exact) mass is 505 g/mol. The van der Waals surface area contributed by atoms with E-state index in [0.29, 0.717) is 22.5 Å². The van der Waals surface area contributed by atoms with Crippen LogP contribution in [-0.4, -0.2) is 63.9 Å². The van der Waals surface area contributed by atoms with Gasteiger partial charge in [-0.1, -0.05) is 17.4 Å². The highest BCUT2D eigenvalue weighted by atomic mass is 32.1. The largest absolute Gasteiger partial charge is 0.340 e. The summed E-state index contributed by atoms with van der Waals surface area (Å²) in [6.07, 6.45) is 1.79. The van der Waals surface area contributed by atoms with Crippen molar-refractivity contribution in [1.82, 2.24) is 24.8 Å². The lowest BCUT2D eigenvalue weighted by Gasteiger charge is -2.34. The van der Waals surface area contributed by atoms with Gasteiger partial charge in [-0.25, -0.2) is 19.3 Å². The third-order valence-corrected chi connectivity index (χ3v) is 7.21. The second-order valence-electron chi connectivity index (χ2n) is 8.98. The first-order valence-electron chi connectivity index (χ1n) is 11.8. The maximum Gasteiger partial charge on any atom is 0.219 e. The number of piperazine rings is 1. The van der Waals surface area contributed by atoms with E-state index in [4.69, 9.17) is 4.98 Å². The van der Waals surface area contributed by atoms with Gasteiger partial charge in [0.15, 0.2) is 5.13 Å². The molecule has 0 aliphatic carbocycles. The number of halogens is 1. The minimum Gasteiger partial charge on any atom is -0.340 e. The first-order valence-corrected chi connectivity index (χ1v) is 12.6. The Balaban J connectivity index is 1.28. The predicted octanol–water partition coefficient (Wildman–Crippen LogP) is 4.71. The fraction of sp³-hybridized carbons (Fsp3) is 0.308. The Labute approximate surface area is 213 Å². The second-order valence-corrected chi connectivity index (χ2v) is 9.96. The molecule has 1 saturated heterocycles. The van der Waals surface area contributed by atoms with E-state index in [2.05, 4.69) is 20.2 Å². The Bertz CT molecular complexity index is 1400. The third-order valence-electron chi connectivity index (χ3n) is 6.33. The number of hydrogen-bond acceptors (Lipinski definition) is 8. The second kappa shape index (κ2) is 10.2. The lowest BCUT2D eigenvalue weighted by molar-refractivity contribution is -0.130. The molecule has 4 heterocycles. The van der Waals surface area contributed by atoms with Crippen molar-refractivity contribution in [3.63, 3.8) is 0 Å². The molecule has 0 unspecified atom stereocenters. The number of fused-ring (bicyclic) bond motifs is 1. The van der Waals surface area contributed by atoms with Crippen LogP contribution in [0.5, 0.6) is 0 Å². The van der Waals surface area contributed by atoms with E-state index in [-0.39, 0.29) is 11.7 Å². The van der Waals surface area contributed by atoms with E-state index >= 15 is 0 Å². The number of pyridine rings is 2. The van der Waals surface area contributed by atoms with E-state index in [9.17, 15) is 9.18 Å². The number of aromatic nitrogens is 3. The Morgan fingerprint density at radius 3 is 2.67 bits per heavy atom. The van der Waals surface area contributed by atoms with E-state index in [1.807, 2.05) is 42.2 Å². The van der Waals surface area contributed by atoms with Crippen LogP contribution in [-0.2, 0) is 11.3 Å². The van der Waals surface area contributed by atoms with Gasteiger partial charge in [-0.15, -0.1) is 0 Å². The molecule has 4 aromatic rings. The molecule has 0 saturated carbocycles. The Morgan fingerprint density at radius 1 is 1.11 bits per heavy atom. The van der Waals surface area contributed by atoms with Gasteiger partial charge in [0.1, 0.15) is 27.8 Å². The molecule has 8 nitrogen and oxygen atoms in total. The van der Waals surface area contributed by atoms with Crippen LogP contribution in [0.25, 0.3) is 10.3 Å². The summed E-state index contributed by atoms with van der Waals surface area (Å²) >= 11 is 1.43. The smallest absolute Gasteiger partial charge is 0.219 e. The fourth-order valence-electron chi connectivity index (χ4n) is 4.28. The normalized spacial score (nSPS) is 14.3. The van der Waals surface area contributed by atoms with Gasteiger partial charge in [0, 0.05) is 52.9 Å². The average Bonchev–Trinajstić information content (AvgIpc) is 3.25. The number of anilines is 4. The Morgan fingerprint density at radius 2 is 1.92 bits per heavy atom. The molecule has 1 fully saturated rings. The quantitative estimate of drug-likeness (QED) is 0.407. The van der Waals surface area contributed by atoms with Crippen LogP contribution in [0, 0.1) is 12.7 Å². The summed E-state index contributed by atoms with van der Waals surface area (Å²) in [4.78, 5) is 32.1. The van der Waals surface area contributed by atoms with Crippen molar-refractivity contribution >= 4 is 50.0 Å². The van der Waals surface area contributed by atoms with Crippen LogP contribution in [0.15, 0.2) is 48.7 Å². The molecule has 10 heteroatoms. The van der Waals surface area contributed by atoms with Crippen molar-refractivity contribution < 1.29 is 9.18 Å². The number of carbonyl (C=O) groups is 1. The van der Waals surface area contributed by atoms with Gasteiger partial charge < -0.3 is 15.1 Å². The SMILES string of the molecule is CC(=O)N1CCN(Cc2ccnc(Nc3nc4ccc(N(C)c5ccc(C)cc5F)nc4s3)c2)CC1. The highest BCUT2D eigenvalue weighted by Crippen LogP contribution is 2.31. The molecular formula is C26H28FN7OS. The van der Waals surface area contributed by atoms with Crippen LogP contribution in [0.3, 0.4) is 0 Å². The van der Waals surface area contributed by atoms with Gasteiger partial charge in [0.25, 0.3) is 0 Å². The number of nitrogens with one attached hydrogen (secondary N) is 1. The zero-order valence-electron chi connectivity index (χ0n) is 20.5. The van der Waals surface area contributed by atoms with Crippen molar-refractivity contribution in [3.05, 3.63) is 65.6 Å². The van der Waals surface area contributed by atoms with Crippen LogP contribution < -0.4 is 10.2 Å². The molecule has 0 spiro atoms. The van der Waals surface area contributed by atoms with Crippen molar-refractivity contribution in [3.8, 4) is 0 Å². The molecule has 0 bridgehead atoms. The van der Waals surface area contributed by atoms with Crippen LogP contribution in [0.1, 0.15) is 18.1 Å². The van der Waals surface area contributed by atoms with Gasteiger partial charge in [-0.05, 0) is 54.4 Å². The molecule has 1 aromatic carbocycles. The van der Waals surface area contributed by atoms with Gasteiger partial charge in [0.2, 0.25) is 5.91 Å². The standard InChI is InChI=1S/C26H28FN7OS/c1-17-4-6-22(20(27)14-17)32(3)24-7-5-21-25(31-24)36-26(29-21)30-23-15-19(8-9-28-23)16-33-10-12-34(13-11-33)18(2)35/h4-9,14-15H,10-13,16H2,1-3H3,(H,28,29,30). The van der Waals surface area contributed by atoms with Crippen LogP contribution >= 0.6 is 11.3 Å². The maximum atomic E-state index is 14.5. The molecule has 1 aliphatic heterocycles. The lowest BCUT2D eigenvalue weighted by atomic mass is 10.2. The number of nitrogens with zero attached hydrogens (tertiary/aromatic N) is 6. The number of hydrogen-bond donors (Lipinski definition) is 1. The molecular weight excluding hydrogens is 477 g/mol. The van der Waals surface area contributed by atoms with Crippen LogP contribution in [0.4, 0.5) is 26.8 Å². The summed E-state index contributed by atoms with van der Waals surface area (Å²) in [6.45, 7) is 7.53. The summed E-state index contributed by atoms with van der Waals surface area (Å²) in [5.74, 6) is 1.22. The minimum absolute atomic E-state index is 0.136. The van der Waals surface area contributed by atoms with E-state index < -0.39 is 0 Å². The zero-order valence-corrected chi connectivity index (χ0v) is 21.3. The van der Waals surface area contributed by atoms with Crippen molar-refractivity contribution in [1.29, 1.82) is 0 Å². The van der Waals surface area contributed by atoms with E-state index in [1.54, 1.807) is 31.1 Å². The number of benzene rings is 1. The molecule has 5 rings (SSSR count). The van der Waals surface area contributed by atoms with Crippen LogP contribution in [0.2, 0.25) is 0 Å². The first kappa shape index (κ1) is 24.1. The Hall–Kier alpha value is -3.63. The summed E-state index contributed by atoms with van der Waals surface area (Å²) in [6, 6.07) is 12.9. The first-order chi connectivity index (χ1) is 17.4. The summed E-state index contributed by atoms with van der Waals surface area (Å²) in [7, 11) is 1.80. The van der Waals surface area contributed by atoms with Gasteiger partial charge >= 0.3 is 0 Å². The average molecular weight is 506 g/mol. The number of carbonyl (C=O) groups excluding carboxylic acids is 1.